The molecule has 0 spiro atoms. The molecule has 2 aromatic rings. The summed E-state index contributed by atoms with van der Waals surface area (Å²) in [4.78, 5) is 7.13. The molecule has 0 amide bonds. The van der Waals surface area contributed by atoms with Crippen molar-refractivity contribution in [3.63, 3.8) is 0 Å². The third-order valence-electron chi connectivity index (χ3n) is 4.45. The van der Waals surface area contributed by atoms with Crippen LogP contribution in [0, 0.1) is 6.92 Å². The van der Waals surface area contributed by atoms with Crippen molar-refractivity contribution in [2.75, 3.05) is 6.54 Å². The Morgan fingerprint density at radius 1 is 1.32 bits per heavy atom. The fourth-order valence-electron chi connectivity index (χ4n) is 3.17. The molecule has 1 N–H and O–H groups in total. The lowest BCUT2D eigenvalue weighted by Gasteiger charge is -2.38. The number of likely N-dealkylation sites (tertiary alicyclic amines) is 1. The van der Waals surface area contributed by atoms with Crippen molar-refractivity contribution in [2.45, 2.75) is 51.9 Å². The molecule has 3 nitrogen and oxygen atoms in total. The lowest BCUT2D eigenvalue weighted by atomic mass is 9.97. The van der Waals surface area contributed by atoms with Crippen LogP contribution in [-0.4, -0.2) is 28.5 Å². The first-order valence-corrected chi connectivity index (χ1v) is 9.01. The molecule has 1 aromatic carbocycles. The number of benzene rings is 1. The highest BCUT2D eigenvalue weighted by Gasteiger charge is 2.25. The van der Waals surface area contributed by atoms with Gasteiger partial charge in [0, 0.05) is 42.8 Å². The number of nitrogens with zero attached hydrogens (tertiary/aromatic N) is 2. The molecular weight excluding hydrogens is 290 g/mol. The second kappa shape index (κ2) is 7.36. The summed E-state index contributed by atoms with van der Waals surface area (Å²) < 4.78 is 0. The van der Waals surface area contributed by atoms with E-state index in [0.717, 1.165) is 18.8 Å². The summed E-state index contributed by atoms with van der Waals surface area (Å²) >= 11 is 1.76. The van der Waals surface area contributed by atoms with Crippen molar-refractivity contribution in [1.29, 1.82) is 0 Å². The van der Waals surface area contributed by atoms with E-state index in [-0.39, 0.29) is 0 Å². The van der Waals surface area contributed by atoms with Gasteiger partial charge in [-0.3, -0.25) is 4.90 Å². The second-order valence-corrected chi connectivity index (χ2v) is 7.23. The van der Waals surface area contributed by atoms with Crippen molar-refractivity contribution in [2.24, 2.45) is 0 Å². The maximum atomic E-state index is 4.53. The van der Waals surface area contributed by atoms with Crippen LogP contribution >= 0.6 is 11.3 Å². The SMILES string of the molecule is Cc1csc(CNC2CCN(Cc3ccccc3)C(C)C2)n1. The maximum Gasteiger partial charge on any atom is 0.107 e. The van der Waals surface area contributed by atoms with Gasteiger partial charge in [0.1, 0.15) is 5.01 Å². The van der Waals surface area contributed by atoms with Crippen LogP contribution in [0.15, 0.2) is 35.7 Å². The molecule has 3 rings (SSSR count). The Hall–Kier alpha value is -1.23. The van der Waals surface area contributed by atoms with Gasteiger partial charge in [0.05, 0.1) is 0 Å². The number of aryl methyl sites for hydroxylation is 1. The van der Waals surface area contributed by atoms with Gasteiger partial charge in [0.15, 0.2) is 0 Å². The first-order chi connectivity index (χ1) is 10.7. The lowest BCUT2D eigenvalue weighted by Crippen LogP contribution is -2.46. The molecule has 118 valence electrons. The molecule has 4 heteroatoms. The standard InChI is InChI=1S/C18H25N3S/c1-14-13-22-18(20-14)11-19-17-8-9-21(15(2)10-17)12-16-6-4-3-5-7-16/h3-7,13,15,17,19H,8-12H2,1-2H3. The Labute approximate surface area is 137 Å². The second-order valence-electron chi connectivity index (χ2n) is 6.29. The zero-order chi connectivity index (χ0) is 15.4. The minimum atomic E-state index is 0.617. The van der Waals surface area contributed by atoms with E-state index in [0.29, 0.717) is 12.1 Å². The normalized spacial score (nSPS) is 22.8. The highest BCUT2D eigenvalue weighted by molar-refractivity contribution is 7.09. The van der Waals surface area contributed by atoms with Crippen LogP contribution in [0.2, 0.25) is 0 Å². The molecule has 1 fully saturated rings. The molecule has 1 aliphatic rings. The number of hydrogen-bond acceptors (Lipinski definition) is 4. The minimum Gasteiger partial charge on any atom is -0.308 e. The molecule has 0 saturated carbocycles. The van der Waals surface area contributed by atoms with Gasteiger partial charge >= 0.3 is 0 Å². The number of thiazole rings is 1. The fourth-order valence-corrected chi connectivity index (χ4v) is 3.90. The Morgan fingerprint density at radius 2 is 2.14 bits per heavy atom. The van der Waals surface area contributed by atoms with E-state index in [2.05, 4.69) is 64.8 Å². The summed E-state index contributed by atoms with van der Waals surface area (Å²) in [5.41, 5.74) is 2.55. The quantitative estimate of drug-likeness (QED) is 0.914. The van der Waals surface area contributed by atoms with E-state index in [1.165, 1.54) is 30.0 Å². The van der Waals surface area contributed by atoms with E-state index in [1.807, 2.05) is 0 Å². The molecular formula is C18H25N3S. The Morgan fingerprint density at radius 3 is 2.82 bits per heavy atom. The van der Waals surface area contributed by atoms with Crippen LogP contribution in [0.5, 0.6) is 0 Å². The number of rotatable bonds is 5. The average molecular weight is 315 g/mol. The summed E-state index contributed by atoms with van der Waals surface area (Å²) in [6.07, 6.45) is 2.44. The van der Waals surface area contributed by atoms with Crippen molar-refractivity contribution in [3.05, 3.63) is 52.0 Å². The van der Waals surface area contributed by atoms with Gasteiger partial charge in [0.2, 0.25) is 0 Å². The molecule has 2 heterocycles. The fraction of sp³-hybridized carbons (Fsp3) is 0.500. The average Bonchev–Trinajstić information content (AvgIpc) is 2.94. The van der Waals surface area contributed by atoms with Gasteiger partial charge in [-0.2, -0.15) is 0 Å². The summed E-state index contributed by atoms with van der Waals surface area (Å²) in [5.74, 6) is 0. The van der Waals surface area contributed by atoms with Gasteiger partial charge in [0.25, 0.3) is 0 Å². The van der Waals surface area contributed by atoms with Crippen LogP contribution in [0.4, 0.5) is 0 Å². The van der Waals surface area contributed by atoms with Gasteiger partial charge in [-0.1, -0.05) is 30.3 Å². The minimum absolute atomic E-state index is 0.617. The highest BCUT2D eigenvalue weighted by Crippen LogP contribution is 2.20. The van der Waals surface area contributed by atoms with Crippen molar-refractivity contribution < 1.29 is 0 Å². The van der Waals surface area contributed by atoms with Crippen LogP contribution in [-0.2, 0) is 13.1 Å². The summed E-state index contributed by atoms with van der Waals surface area (Å²) in [7, 11) is 0. The largest absolute Gasteiger partial charge is 0.308 e. The highest BCUT2D eigenvalue weighted by atomic mass is 32.1. The number of aromatic nitrogens is 1. The van der Waals surface area contributed by atoms with Crippen LogP contribution < -0.4 is 5.32 Å². The zero-order valence-corrected chi connectivity index (χ0v) is 14.3. The van der Waals surface area contributed by atoms with Gasteiger partial charge in [-0.15, -0.1) is 11.3 Å². The topological polar surface area (TPSA) is 28.2 Å². The number of nitrogens with one attached hydrogen (secondary N) is 1. The van der Waals surface area contributed by atoms with E-state index in [9.17, 15) is 0 Å². The lowest BCUT2D eigenvalue weighted by molar-refractivity contribution is 0.128. The summed E-state index contributed by atoms with van der Waals surface area (Å²) in [6, 6.07) is 12.0. The Bertz CT molecular complexity index is 581. The van der Waals surface area contributed by atoms with E-state index in [1.54, 1.807) is 11.3 Å². The predicted molar refractivity (Wildman–Crippen MR) is 93.0 cm³/mol. The van der Waals surface area contributed by atoms with Crippen LogP contribution in [0.1, 0.15) is 36.0 Å². The van der Waals surface area contributed by atoms with Crippen LogP contribution in [0.25, 0.3) is 0 Å². The van der Waals surface area contributed by atoms with Gasteiger partial charge < -0.3 is 5.32 Å². The molecule has 22 heavy (non-hydrogen) atoms. The molecule has 2 atom stereocenters. The Balaban J connectivity index is 1.47. The molecule has 1 aliphatic heterocycles. The summed E-state index contributed by atoms with van der Waals surface area (Å²) in [5, 5.41) is 7.02. The smallest absolute Gasteiger partial charge is 0.107 e. The third kappa shape index (κ3) is 4.15. The molecule has 0 radical (unpaired) electrons. The molecule has 0 bridgehead atoms. The third-order valence-corrected chi connectivity index (χ3v) is 5.42. The zero-order valence-electron chi connectivity index (χ0n) is 13.5. The summed E-state index contributed by atoms with van der Waals surface area (Å²) in [6.45, 7) is 7.56. The number of hydrogen-bond donors (Lipinski definition) is 1. The van der Waals surface area contributed by atoms with E-state index in [4.69, 9.17) is 0 Å². The number of piperidine rings is 1. The van der Waals surface area contributed by atoms with Gasteiger partial charge in [-0.25, -0.2) is 4.98 Å². The van der Waals surface area contributed by atoms with Gasteiger partial charge in [-0.05, 0) is 32.3 Å². The first-order valence-electron chi connectivity index (χ1n) is 8.13. The Kier molecular flexibility index (Phi) is 5.24. The predicted octanol–water partition coefficient (Wildman–Crippen LogP) is 3.59. The van der Waals surface area contributed by atoms with Crippen molar-refractivity contribution >= 4 is 11.3 Å². The maximum absolute atomic E-state index is 4.53. The van der Waals surface area contributed by atoms with Crippen molar-refractivity contribution in [3.8, 4) is 0 Å². The van der Waals surface area contributed by atoms with Crippen LogP contribution in [0.3, 0.4) is 0 Å². The molecule has 0 aliphatic carbocycles. The monoisotopic (exact) mass is 315 g/mol. The van der Waals surface area contributed by atoms with E-state index < -0.39 is 0 Å². The first kappa shape index (κ1) is 15.7. The molecule has 1 aromatic heterocycles. The van der Waals surface area contributed by atoms with Crippen molar-refractivity contribution in [1.82, 2.24) is 15.2 Å². The molecule has 2 unspecified atom stereocenters. The molecule has 1 saturated heterocycles. The van der Waals surface area contributed by atoms with E-state index >= 15 is 0 Å².